The van der Waals surface area contributed by atoms with Crippen LogP contribution in [-0.2, 0) is 11.2 Å². The van der Waals surface area contributed by atoms with Crippen molar-refractivity contribution in [3.63, 3.8) is 0 Å². The fraction of sp³-hybridized carbons (Fsp3) is 0.600. The third-order valence-corrected chi connectivity index (χ3v) is 4.03. The smallest absolute Gasteiger partial charge is 0.122 e. The van der Waals surface area contributed by atoms with Gasteiger partial charge >= 0.3 is 0 Å². The van der Waals surface area contributed by atoms with Gasteiger partial charge in [0.25, 0.3) is 0 Å². The predicted molar refractivity (Wildman–Crippen MR) is 81.8 cm³/mol. The van der Waals surface area contributed by atoms with Gasteiger partial charge in [-0.15, -0.1) is 0 Å². The molecule has 1 aromatic carbocycles. The molecule has 1 aliphatic heterocycles. The van der Waals surface area contributed by atoms with Gasteiger partial charge in [-0.2, -0.15) is 0 Å². The van der Waals surface area contributed by atoms with Crippen molar-refractivity contribution >= 4 is 11.6 Å². The number of ether oxygens (including phenoxy) is 2. The predicted octanol–water partition coefficient (Wildman–Crippen LogP) is 1.81. The molecule has 0 radical (unpaired) electrons. The van der Waals surface area contributed by atoms with Gasteiger partial charge in [0.2, 0.25) is 0 Å². The van der Waals surface area contributed by atoms with Crippen molar-refractivity contribution in [2.24, 2.45) is 0 Å². The summed E-state index contributed by atoms with van der Waals surface area (Å²) in [6.07, 6.45) is 1.01. The molecule has 0 saturated carbocycles. The van der Waals surface area contributed by atoms with Gasteiger partial charge in [-0.1, -0.05) is 11.6 Å². The van der Waals surface area contributed by atoms with Gasteiger partial charge in [-0.25, -0.2) is 0 Å². The minimum Gasteiger partial charge on any atom is -0.496 e. The zero-order valence-corrected chi connectivity index (χ0v) is 13.1. The molecule has 112 valence electrons. The Morgan fingerprint density at radius 2 is 2.35 bits per heavy atom. The molecular weight excluding hydrogens is 276 g/mol. The van der Waals surface area contributed by atoms with Crippen LogP contribution >= 0.6 is 11.6 Å². The molecule has 1 N–H and O–H groups in total. The lowest BCUT2D eigenvalue weighted by Gasteiger charge is -2.35. The normalized spacial score (nSPS) is 21.7. The number of nitrogens with zero attached hydrogens (tertiary/aromatic N) is 1. The molecule has 1 aromatic rings. The van der Waals surface area contributed by atoms with Crippen LogP contribution < -0.4 is 10.1 Å². The van der Waals surface area contributed by atoms with E-state index in [0.29, 0.717) is 0 Å². The Hall–Kier alpha value is -0.810. The second-order valence-electron chi connectivity index (χ2n) is 5.23. The Balaban J connectivity index is 2.11. The number of benzene rings is 1. The Morgan fingerprint density at radius 3 is 3.00 bits per heavy atom. The first-order chi connectivity index (χ1) is 9.63. The highest BCUT2D eigenvalue weighted by molar-refractivity contribution is 6.30. The lowest BCUT2D eigenvalue weighted by molar-refractivity contribution is -0.0372. The molecule has 1 saturated heterocycles. The number of hydrogen-bond donors (Lipinski definition) is 1. The van der Waals surface area contributed by atoms with Gasteiger partial charge in [-0.3, -0.25) is 0 Å². The molecule has 0 spiro atoms. The molecule has 4 nitrogen and oxygen atoms in total. The molecule has 5 heteroatoms. The largest absolute Gasteiger partial charge is 0.496 e. The highest BCUT2D eigenvalue weighted by Crippen LogP contribution is 2.25. The lowest BCUT2D eigenvalue weighted by atomic mass is 9.99. The highest BCUT2D eigenvalue weighted by atomic mass is 35.5. The van der Waals surface area contributed by atoms with E-state index in [-0.39, 0.29) is 12.1 Å². The topological polar surface area (TPSA) is 33.7 Å². The van der Waals surface area contributed by atoms with Gasteiger partial charge in [0, 0.05) is 24.2 Å². The molecule has 1 aliphatic rings. The Morgan fingerprint density at radius 1 is 1.55 bits per heavy atom. The quantitative estimate of drug-likeness (QED) is 0.899. The van der Waals surface area contributed by atoms with Crippen molar-refractivity contribution < 1.29 is 9.47 Å². The second-order valence-corrected chi connectivity index (χ2v) is 5.66. The summed E-state index contributed by atoms with van der Waals surface area (Å²) in [4.78, 5) is 2.30. The van der Waals surface area contributed by atoms with Gasteiger partial charge in [0.05, 0.1) is 19.8 Å². The van der Waals surface area contributed by atoms with E-state index in [1.54, 1.807) is 7.11 Å². The molecule has 2 atom stereocenters. The lowest BCUT2D eigenvalue weighted by Crippen LogP contribution is -2.51. The van der Waals surface area contributed by atoms with E-state index in [1.165, 1.54) is 0 Å². The molecule has 2 unspecified atom stereocenters. The summed E-state index contributed by atoms with van der Waals surface area (Å²) in [5.41, 5.74) is 1.11. The fourth-order valence-electron chi connectivity index (χ4n) is 2.62. The van der Waals surface area contributed by atoms with Gasteiger partial charge < -0.3 is 19.7 Å². The summed E-state index contributed by atoms with van der Waals surface area (Å²) >= 11 is 6.09. The molecule has 0 aliphatic carbocycles. The summed E-state index contributed by atoms with van der Waals surface area (Å²) in [5, 5.41) is 4.09. The molecule has 0 bridgehead atoms. The summed E-state index contributed by atoms with van der Waals surface area (Å²) in [6.45, 7) is 2.72. The number of morpholine rings is 1. The molecule has 20 heavy (non-hydrogen) atoms. The summed E-state index contributed by atoms with van der Waals surface area (Å²) < 4.78 is 11.3. The summed E-state index contributed by atoms with van der Waals surface area (Å²) in [6, 6.07) is 5.98. The number of methoxy groups -OCH3 is 1. The van der Waals surface area contributed by atoms with Crippen molar-refractivity contribution in [2.45, 2.75) is 18.6 Å². The number of hydrogen-bond acceptors (Lipinski definition) is 4. The standard InChI is InChI=1S/C15H23ClN2O2/c1-17-13(15-10-18(2)6-7-20-15)9-11-8-12(16)4-5-14(11)19-3/h4-5,8,13,15,17H,6-7,9-10H2,1-3H3. The van der Waals surface area contributed by atoms with Gasteiger partial charge in [-0.05, 0) is 44.3 Å². The van der Waals surface area contributed by atoms with Crippen LogP contribution in [0.4, 0.5) is 0 Å². The monoisotopic (exact) mass is 298 g/mol. The third kappa shape index (κ3) is 3.85. The fourth-order valence-corrected chi connectivity index (χ4v) is 2.81. The SMILES string of the molecule is CNC(Cc1cc(Cl)ccc1OC)C1CN(C)CCO1. The zero-order chi connectivity index (χ0) is 14.5. The maximum atomic E-state index is 6.09. The maximum absolute atomic E-state index is 6.09. The Bertz CT molecular complexity index is 442. The minimum absolute atomic E-state index is 0.183. The average molecular weight is 299 g/mol. The number of likely N-dealkylation sites (N-methyl/N-ethyl adjacent to an activating group) is 2. The van der Waals surface area contributed by atoms with Crippen LogP contribution in [0.15, 0.2) is 18.2 Å². The van der Waals surface area contributed by atoms with Crippen LogP contribution in [-0.4, -0.2) is 57.9 Å². The van der Waals surface area contributed by atoms with Crippen LogP contribution in [0.5, 0.6) is 5.75 Å². The molecule has 0 aromatic heterocycles. The van der Waals surface area contributed by atoms with Crippen LogP contribution in [0.1, 0.15) is 5.56 Å². The minimum atomic E-state index is 0.183. The molecular formula is C15H23ClN2O2. The molecule has 1 heterocycles. The Labute approximate surface area is 126 Å². The van der Waals surface area contributed by atoms with E-state index in [0.717, 1.165) is 42.5 Å². The van der Waals surface area contributed by atoms with E-state index in [1.807, 2.05) is 25.2 Å². The number of halogens is 1. The van der Waals surface area contributed by atoms with E-state index < -0.39 is 0 Å². The zero-order valence-electron chi connectivity index (χ0n) is 12.4. The van der Waals surface area contributed by atoms with E-state index >= 15 is 0 Å². The van der Waals surface area contributed by atoms with Crippen molar-refractivity contribution in [3.05, 3.63) is 28.8 Å². The van der Waals surface area contributed by atoms with Crippen molar-refractivity contribution in [1.82, 2.24) is 10.2 Å². The van der Waals surface area contributed by atoms with Crippen molar-refractivity contribution in [1.29, 1.82) is 0 Å². The van der Waals surface area contributed by atoms with E-state index in [4.69, 9.17) is 21.1 Å². The first-order valence-corrected chi connectivity index (χ1v) is 7.31. The van der Waals surface area contributed by atoms with Gasteiger partial charge in [0.1, 0.15) is 5.75 Å². The van der Waals surface area contributed by atoms with Crippen LogP contribution in [0, 0.1) is 0 Å². The second kappa shape index (κ2) is 7.27. The molecule has 1 fully saturated rings. The van der Waals surface area contributed by atoms with Gasteiger partial charge in [0.15, 0.2) is 0 Å². The van der Waals surface area contributed by atoms with E-state index in [2.05, 4.69) is 17.3 Å². The first-order valence-electron chi connectivity index (χ1n) is 6.94. The van der Waals surface area contributed by atoms with Crippen LogP contribution in [0.2, 0.25) is 5.02 Å². The first kappa shape index (κ1) is 15.6. The summed E-state index contributed by atoms with van der Waals surface area (Å²) in [7, 11) is 5.79. The van der Waals surface area contributed by atoms with Crippen molar-refractivity contribution in [2.75, 3.05) is 40.9 Å². The van der Waals surface area contributed by atoms with E-state index in [9.17, 15) is 0 Å². The molecule has 2 rings (SSSR count). The maximum Gasteiger partial charge on any atom is 0.122 e. The third-order valence-electron chi connectivity index (χ3n) is 3.80. The van der Waals surface area contributed by atoms with Crippen LogP contribution in [0.3, 0.4) is 0 Å². The highest BCUT2D eigenvalue weighted by Gasteiger charge is 2.26. The number of nitrogens with one attached hydrogen (secondary N) is 1. The number of rotatable bonds is 5. The average Bonchev–Trinajstić information content (AvgIpc) is 2.45. The summed E-state index contributed by atoms with van der Waals surface area (Å²) in [5.74, 6) is 0.874. The van der Waals surface area contributed by atoms with Crippen LogP contribution in [0.25, 0.3) is 0 Å². The van der Waals surface area contributed by atoms with Crippen molar-refractivity contribution in [3.8, 4) is 5.75 Å². The molecule has 0 amide bonds. The Kier molecular flexibility index (Phi) is 5.66.